The van der Waals surface area contributed by atoms with Crippen molar-refractivity contribution < 1.29 is 18.7 Å². The molecule has 182 valence electrons. The van der Waals surface area contributed by atoms with Gasteiger partial charge in [0.2, 0.25) is 0 Å². The highest BCUT2D eigenvalue weighted by Gasteiger charge is 2.35. The molecule has 2 aliphatic rings. The number of carbonyl (C=O) groups excluding carboxylic acids is 1. The molecule has 0 spiro atoms. The zero-order chi connectivity index (χ0) is 24.1. The third-order valence-corrected chi connectivity index (χ3v) is 6.68. The number of hydrogen-bond acceptors (Lipinski definition) is 9. The molecule has 2 aromatic rings. The molecular weight excluding hydrogens is 457 g/mol. The zero-order valence-corrected chi connectivity index (χ0v) is 20.5. The Kier molecular flexibility index (Phi) is 8.04. The van der Waals surface area contributed by atoms with E-state index in [1.807, 2.05) is 18.5 Å². The molecule has 34 heavy (non-hydrogen) atoms. The van der Waals surface area contributed by atoms with E-state index in [0.717, 1.165) is 19.6 Å². The number of likely N-dealkylation sites (N-methyl/N-ethyl adjacent to an activating group) is 1. The lowest BCUT2D eigenvalue weighted by Crippen LogP contribution is -2.48. The number of carbonyl (C=O) groups is 1. The third kappa shape index (κ3) is 5.35. The normalized spacial score (nSPS) is 21.2. The van der Waals surface area contributed by atoms with E-state index in [4.69, 9.17) is 14.5 Å². The largest absolute Gasteiger partial charge is 0.463 e. The fourth-order valence-electron chi connectivity index (χ4n) is 4.26. The zero-order valence-electron chi connectivity index (χ0n) is 19.6. The van der Waals surface area contributed by atoms with Gasteiger partial charge < -0.3 is 20.1 Å². The fourth-order valence-corrected chi connectivity index (χ4v) is 4.85. The summed E-state index contributed by atoms with van der Waals surface area (Å²) in [6, 6.07) is 4.16. The highest BCUT2D eigenvalue weighted by Crippen LogP contribution is 2.35. The summed E-state index contributed by atoms with van der Waals surface area (Å²) in [5.74, 6) is -0.234. The van der Waals surface area contributed by atoms with Crippen LogP contribution in [-0.2, 0) is 14.3 Å². The van der Waals surface area contributed by atoms with Gasteiger partial charge in [-0.25, -0.2) is 14.2 Å². The summed E-state index contributed by atoms with van der Waals surface area (Å²) in [5.41, 5.74) is 2.18. The first-order valence-corrected chi connectivity index (χ1v) is 12.3. The van der Waals surface area contributed by atoms with E-state index in [1.54, 1.807) is 26.1 Å². The van der Waals surface area contributed by atoms with E-state index >= 15 is 0 Å². The molecular formula is C24H30FN5O3S. The van der Waals surface area contributed by atoms with Crippen molar-refractivity contribution in [1.82, 2.24) is 20.5 Å². The molecule has 1 aromatic carbocycles. The highest BCUT2D eigenvalue weighted by molar-refractivity contribution is 7.11. The van der Waals surface area contributed by atoms with Crippen LogP contribution in [0.25, 0.3) is 0 Å². The molecule has 0 radical (unpaired) electrons. The lowest BCUT2D eigenvalue weighted by atomic mass is 9.92. The lowest BCUT2D eigenvalue weighted by Gasteiger charge is -2.35. The van der Waals surface area contributed by atoms with Gasteiger partial charge in [-0.1, -0.05) is 12.1 Å². The molecule has 2 atom stereocenters. The molecule has 4 rings (SSSR count). The highest BCUT2D eigenvalue weighted by atomic mass is 32.1. The standard InChI is InChI=1S/C24H30FN5O3S/c1-4-32-24(31)20-19(14-30-9-10-33-16(13-30)12-26-3)28-22(23-27-8-11-34-23)29-21(20)17-6-5-7-18(25)15(17)2/h5-8,11,16,21,26H,4,9-10,12-14H2,1-3H3,(H,28,29)/t16-,21?/m1/s1. The van der Waals surface area contributed by atoms with Crippen molar-refractivity contribution in [3.63, 3.8) is 0 Å². The summed E-state index contributed by atoms with van der Waals surface area (Å²) in [6.07, 6.45) is 1.77. The minimum atomic E-state index is -0.709. The second-order valence-electron chi connectivity index (χ2n) is 8.19. The summed E-state index contributed by atoms with van der Waals surface area (Å²) in [4.78, 5) is 24.7. The van der Waals surface area contributed by atoms with E-state index in [0.29, 0.717) is 46.4 Å². The Balaban J connectivity index is 1.77. The van der Waals surface area contributed by atoms with Crippen LogP contribution in [0.3, 0.4) is 0 Å². The summed E-state index contributed by atoms with van der Waals surface area (Å²) in [5, 5.41) is 9.09. The molecule has 10 heteroatoms. The van der Waals surface area contributed by atoms with Gasteiger partial charge in [-0.2, -0.15) is 0 Å². The monoisotopic (exact) mass is 487 g/mol. The van der Waals surface area contributed by atoms with E-state index in [2.05, 4.69) is 20.5 Å². The van der Waals surface area contributed by atoms with Crippen LogP contribution < -0.4 is 10.6 Å². The molecule has 1 aromatic heterocycles. The van der Waals surface area contributed by atoms with Crippen LogP contribution in [0.2, 0.25) is 0 Å². The van der Waals surface area contributed by atoms with Gasteiger partial charge in [0.1, 0.15) is 11.9 Å². The SMILES string of the molecule is CCOC(=O)C1=C(CN2CCO[C@H](CNC)C2)NC(c2nccs2)=NC1c1cccc(F)c1C. The number of ether oxygens (including phenoxy) is 2. The van der Waals surface area contributed by atoms with Gasteiger partial charge in [0.15, 0.2) is 10.8 Å². The van der Waals surface area contributed by atoms with Gasteiger partial charge in [-0.05, 0) is 38.1 Å². The molecule has 1 unspecified atom stereocenters. The van der Waals surface area contributed by atoms with Crippen LogP contribution in [-0.4, -0.2) is 74.2 Å². The first kappa shape index (κ1) is 24.5. The van der Waals surface area contributed by atoms with Gasteiger partial charge in [0.05, 0.1) is 24.9 Å². The van der Waals surface area contributed by atoms with Crippen LogP contribution in [0.1, 0.15) is 29.1 Å². The van der Waals surface area contributed by atoms with Crippen molar-refractivity contribution in [2.75, 3.05) is 46.4 Å². The molecule has 1 saturated heterocycles. The van der Waals surface area contributed by atoms with Crippen LogP contribution in [0.15, 0.2) is 46.0 Å². The predicted octanol–water partition coefficient (Wildman–Crippen LogP) is 2.42. The number of esters is 1. The number of nitrogens with one attached hydrogen (secondary N) is 2. The summed E-state index contributed by atoms with van der Waals surface area (Å²) in [7, 11) is 1.90. The number of morpholine rings is 1. The van der Waals surface area contributed by atoms with E-state index in [9.17, 15) is 9.18 Å². The number of amidine groups is 1. The Hall–Kier alpha value is -2.66. The molecule has 2 aliphatic heterocycles. The third-order valence-electron chi connectivity index (χ3n) is 5.90. The molecule has 1 fully saturated rings. The lowest BCUT2D eigenvalue weighted by molar-refractivity contribution is -0.139. The second kappa shape index (κ2) is 11.2. The van der Waals surface area contributed by atoms with Gasteiger partial charge in [-0.15, -0.1) is 11.3 Å². The average molecular weight is 488 g/mol. The van der Waals surface area contributed by atoms with E-state index in [1.165, 1.54) is 17.4 Å². The maximum absolute atomic E-state index is 14.5. The molecule has 3 heterocycles. The average Bonchev–Trinajstić information content (AvgIpc) is 3.36. The molecule has 2 N–H and O–H groups in total. The first-order valence-electron chi connectivity index (χ1n) is 11.4. The smallest absolute Gasteiger partial charge is 0.338 e. The number of halogens is 1. The van der Waals surface area contributed by atoms with Crippen LogP contribution in [0.4, 0.5) is 4.39 Å². The Labute approximate surface area is 202 Å². The fraction of sp³-hybridized carbons (Fsp3) is 0.458. The molecule has 8 nitrogen and oxygen atoms in total. The maximum Gasteiger partial charge on any atom is 0.338 e. The Morgan fingerprint density at radius 2 is 2.29 bits per heavy atom. The number of aromatic nitrogens is 1. The number of nitrogens with zero attached hydrogens (tertiary/aromatic N) is 3. The second-order valence-corrected chi connectivity index (χ2v) is 9.09. The van der Waals surface area contributed by atoms with Gasteiger partial charge in [0, 0.05) is 43.5 Å². The number of rotatable bonds is 8. The van der Waals surface area contributed by atoms with E-state index < -0.39 is 12.0 Å². The van der Waals surface area contributed by atoms with Gasteiger partial charge >= 0.3 is 5.97 Å². The van der Waals surface area contributed by atoms with Crippen molar-refractivity contribution in [2.45, 2.75) is 26.0 Å². The predicted molar refractivity (Wildman–Crippen MR) is 129 cm³/mol. The molecule has 0 amide bonds. The number of thiazole rings is 1. The molecule has 0 bridgehead atoms. The molecule has 0 saturated carbocycles. The number of benzene rings is 1. The van der Waals surface area contributed by atoms with E-state index in [-0.39, 0.29) is 18.5 Å². The first-order chi connectivity index (χ1) is 16.5. The van der Waals surface area contributed by atoms with Gasteiger partial charge in [-0.3, -0.25) is 9.89 Å². The quantitative estimate of drug-likeness (QED) is 0.553. The Bertz CT molecular complexity index is 1070. The summed E-state index contributed by atoms with van der Waals surface area (Å²) in [6.45, 7) is 6.98. The van der Waals surface area contributed by atoms with Crippen LogP contribution in [0, 0.1) is 12.7 Å². The Morgan fingerprint density at radius 1 is 1.44 bits per heavy atom. The van der Waals surface area contributed by atoms with Gasteiger partial charge in [0.25, 0.3) is 0 Å². The van der Waals surface area contributed by atoms with Crippen molar-refractivity contribution in [3.05, 3.63) is 63.0 Å². The van der Waals surface area contributed by atoms with Crippen LogP contribution >= 0.6 is 11.3 Å². The topological polar surface area (TPSA) is 88.1 Å². The molecule has 0 aliphatic carbocycles. The maximum atomic E-state index is 14.5. The Morgan fingerprint density at radius 3 is 3.03 bits per heavy atom. The van der Waals surface area contributed by atoms with Crippen molar-refractivity contribution in [3.8, 4) is 0 Å². The summed E-state index contributed by atoms with van der Waals surface area (Å²) >= 11 is 1.45. The van der Waals surface area contributed by atoms with Crippen molar-refractivity contribution in [2.24, 2.45) is 4.99 Å². The summed E-state index contributed by atoms with van der Waals surface area (Å²) < 4.78 is 25.8. The minimum absolute atomic E-state index is 0.0577. The van der Waals surface area contributed by atoms with Crippen LogP contribution in [0.5, 0.6) is 0 Å². The minimum Gasteiger partial charge on any atom is -0.463 e. The van der Waals surface area contributed by atoms with Crippen molar-refractivity contribution in [1.29, 1.82) is 0 Å². The van der Waals surface area contributed by atoms with Crippen molar-refractivity contribution >= 4 is 23.1 Å². The number of hydrogen-bond donors (Lipinski definition) is 2. The number of aliphatic imine (C=N–C) groups is 1.